The molecule has 1 saturated carbocycles. The van der Waals surface area contributed by atoms with Crippen LogP contribution in [0.15, 0.2) is 30.3 Å². The molecule has 2 N–H and O–H groups in total. The largest absolute Gasteiger partial charge is 0.459 e. The van der Waals surface area contributed by atoms with Crippen molar-refractivity contribution in [2.24, 2.45) is 0 Å². The van der Waals surface area contributed by atoms with Crippen LogP contribution in [0, 0.1) is 0 Å². The highest BCUT2D eigenvalue weighted by Gasteiger charge is 2.48. The predicted molar refractivity (Wildman–Crippen MR) is 99.4 cm³/mol. The fourth-order valence-electron chi connectivity index (χ4n) is 3.06. The van der Waals surface area contributed by atoms with Crippen molar-refractivity contribution in [2.75, 3.05) is 0 Å². The van der Waals surface area contributed by atoms with Gasteiger partial charge in [0.15, 0.2) is 18.0 Å². The van der Waals surface area contributed by atoms with E-state index in [0.717, 1.165) is 12.5 Å². The van der Waals surface area contributed by atoms with E-state index in [1.807, 2.05) is 6.07 Å². The fourth-order valence-corrected chi connectivity index (χ4v) is 3.06. The second kappa shape index (κ2) is 10.1. The number of hydrogen-bond acceptors (Lipinski definition) is 8. The number of carbonyl (C=O) groups is 4. The van der Waals surface area contributed by atoms with Crippen molar-refractivity contribution in [3.63, 3.8) is 0 Å². The zero-order valence-electron chi connectivity index (χ0n) is 16.5. The van der Waals surface area contributed by atoms with Gasteiger partial charge >= 0.3 is 11.9 Å². The predicted octanol–water partition coefficient (Wildman–Crippen LogP) is 0.274. The van der Waals surface area contributed by atoms with Crippen LogP contribution in [0.2, 0.25) is 0 Å². The van der Waals surface area contributed by atoms with E-state index in [0.29, 0.717) is 0 Å². The summed E-state index contributed by atoms with van der Waals surface area (Å²) in [5.74, 6) is -2.47. The maximum absolute atomic E-state index is 12.3. The Labute approximate surface area is 168 Å². The Balaban J connectivity index is 2.12. The molecular formula is C20H25NO8. The summed E-state index contributed by atoms with van der Waals surface area (Å²) >= 11 is 0. The summed E-state index contributed by atoms with van der Waals surface area (Å²) in [6.45, 7) is 3.80. The van der Waals surface area contributed by atoms with Crippen LogP contribution in [-0.4, -0.2) is 59.2 Å². The highest BCUT2D eigenvalue weighted by molar-refractivity contribution is 5.88. The molecule has 5 atom stereocenters. The quantitative estimate of drug-likeness (QED) is 0.617. The summed E-state index contributed by atoms with van der Waals surface area (Å²) in [7, 11) is 0. The van der Waals surface area contributed by atoms with E-state index in [9.17, 15) is 24.3 Å². The number of aliphatic hydroxyl groups excluding tert-OH is 1. The van der Waals surface area contributed by atoms with E-state index in [4.69, 9.17) is 14.2 Å². The van der Waals surface area contributed by atoms with Gasteiger partial charge in [0.25, 0.3) is 0 Å². The first kappa shape index (κ1) is 22.5. The molecule has 0 radical (unpaired) electrons. The van der Waals surface area contributed by atoms with Gasteiger partial charge in [-0.25, -0.2) is 4.79 Å². The van der Waals surface area contributed by atoms with Gasteiger partial charge in [-0.2, -0.15) is 0 Å². The van der Waals surface area contributed by atoms with E-state index >= 15 is 0 Å². The van der Waals surface area contributed by atoms with Gasteiger partial charge in [0.05, 0.1) is 12.1 Å². The van der Waals surface area contributed by atoms with Crippen molar-refractivity contribution in [1.29, 1.82) is 0 Å². The SMILES string of the molecule is CC(=O)N[C@@H]1[C@@H](O[C@H](C)C(=O)OCc2ccccc2)[C@H](OC(C)=O)C(=O)C[C@H]1O. The van der Waals surface area contributed by atoms with Crippen LogP contribution in [0.1, 0.15) is 32.8 Å². The molecule has 0 aliphatic heterocycles. The molecule has 158 valence electrons. The molecule has 1 amide bonds. The Hall–Kier alpha value is -2.78. The molecule has 29 heavy (non-hydrogen) atoms. The average Bonchev–Trinajstić information content (AvgIpc) is 2.66. The number of ether oxygens (including phenoxy) is 3. The third-order valence-corrected chi connectivity index (χ3v) is 4.37. The maximum atomic E-state index is 12.3. The number of Topliss-reactive ketones (excluding diaryl/α,β-unsaturated/α-hetero) is 1. The van der Waals surface area contributed by atoms with Crippen molar-refractivity contribution in [2.45, 2.75) is 64.3 Å². The lowest BCUT2D eigenvalue weighted by molar-refractivity contribution is -0.188. The fraction of sp³-hybridized carbons (Fsp3) is 0.500. The first-order valence-corrected chi connectivity index (χ1v) is 9.20. The van der Waals surface area contributed by atoms with Crippen LogP contribution >= 0.6 is 0 Å². The zero-order valence-corrected chi connectivity index (χ0v) is 16.5. The summed E-state index contributed by atoms with van der Waals surface area (Å²) in [4.78, 5) is 47.6. The van der Waals surface area contributed by atoms with Crippen molar-refractivity contribution >= 4 is 23.6 Å². The first-order chi connectivity index (χ1) is 13.7. The summed E-state index contributed by atoms with van der Waals surface area (Å²) in [6, 6.07) is 7.98. The normalized spacial score (nSPS) is 25.0. The molecule has 0 aromatic heterocycles. The molecule has 0 unspecified atom stereocenters. The summed E-state index contributed by atoms with van der Waals surface area (Å²) < 4.78 is 15.9. The number of aliphatic hydroxyl groups is 1. The minimum atomic E-state index is -1.36. The average molecular weight is 407 g/mol. The number of nitrogens with one attached hydrogen (secondary N) is 1. The Morgan fingerprint density at radius 3 is 2.45 bits per heavy atom. The molecule has 0 bridgehead atoms. The molecule has 0 spiro atoms. The Morgan fingerprint density at radius 2 is 1.86 bits per heavy atom. The molecule has 9 nitrogen and oxygen atoms in total. The minimum Gasteiger partial charge on any atom is -0.459 e. The highest BCUT2D eigenvalue weighted by Crippen LogP contribution is 2.24. The molecule has 1 fully saturated rings. The van der Waals surface area contributed by atoms with Crippen LogP contribution in [0.4, 0.5) is 0 Å². The third-order valence-electron chi connectivity index (χ3n) is 4.37. The summed E-state index contributed by atoms with van der Waals surface area (Å²) in [6.07, 6.45) is -5.34. The van der Waals surface area contributed by atoms with Gasteiger partial charge in [-0.05, 0) is 12.5 Å². The number of esters is 2. The van der Waals surface area contributed by atoms with E-state index in [2.05, 4.69) is 5.32 Å². The van der Waals surface area contributed by atoms with Crippen LogP contribution < -0.4 is 5.32 Å². The molecule has 2 rings (SSSR count). The van der Waals surface area contributed by atoms with Crippen molar-refractivity contribution in [3.8, 4) is 0 Å². The van der Waals surface area contributed by atoms with Crippen molar-refractivity contribution in [3.05, 3.63) is 35.9 Å². The van der Waals surface area contributed by atoms with Gasteiger partial charge in [-0.3, -0.25) is 14.4 Å². The summed E-state index contributed by atoms with van der Waals surface area (Å²) in [5.41, 5.74) is 0.783. The van der Waals surface area contributed by atoms with Crippen LogP contribution in [0.25, 0.3) is 0 Å². The smallest absolute Gasteiger partial charge is 0.335 e. The zero-order chi connectivity index (χ0) is 21.6. The Kier molecular flexibility index (Phi) is 7.86. The lowest BCUT2D eigenvalue weighted by Crippen LogP contribution is -2.63. The molecule has 1 aromatic rings. The molecular weight excluding hydrogens is 382 g/mol. The van der Waals surface area contributed by atoms with Gasteiger partial charge in [-0.1, -0.05) is 30.3 Å². The van der Waals surface area contributed by atoms with E-state index in [-0.39, 0.29) is 13.0 Å². The van der Waals surface area contributed by atoms with Crippen LogP contribution in [0.5, 0.6) is 0 Å². The topological polar surface area (TPSA) is 128 Å². The Bertz CT molecular complexity index is 750. The number of ketones is 1. The molecule has 1 aromatic carbocycles. The van der Waals surface area contributed by atoms with Gasteiger partial charge < -0.3 is 24.6 Å². The van der Waals surface area contributed by atoms with E-state index < -0.39 is 54.1 Å². The Morgan fingerprint density at radius 1 is 1.21 bits per heavy atom. The number of rotatable bonds is 7. The first-order valence-electron chi connectivity index (χ1n) is 9.20. The lowest BCUT2D eigenvalue weighted by atomic mass is 9.86. The van der Waals surface area contributed by atoms with Crippen LogP contribution in [0.3, 0.4) is 0 Å². The molecule has 9 heteroatoms. The summed E-state index contributed by atoms with van der Waals surface area (Å²) in [5, 5.41) is 12.7. The third kappa shape index (κ3) is 6.37. The van der Waals surface area contributed by atoms with Gasteiger partial charge in [-0.15, -0.1) is 0 Å². The lowest BCUT2D eigenvalue weighted by Gasteiger charge is -2.40. The monoisotopic (exact) mass is 407 g/mol. The minimum absolute atomic E-state index is 0.0299. The van der Waals surface area contributed by atoms with Gasteiger partial charge in [0.1, 0.15) is 12.7 Å². The number of hydrogen-bond donors (Lipinski definition) is 2. The number of carbonyl (C=O) groups excluding carboxylic acids is 4. The van der Waals surface area contributed by atoms with Crippen LogP contribution in [-0.2, 0) is 40.0 Å². The molecule has 0 heterocycles. The van der Waals surface area contributed by atoms with Gasteiger partial charge in [0.2, 0.25) is 5.91 Å². The highest BCUT2D eigenvalue weighted by atomic mass is 16.6. The van der Waals surface area contributed by atoms with Crippen molar-refractivity contribution < 1.29 is 38.5 Å². The molecule has 1 aliphatic carbocycles. The number of benzene rings is 1. The van der Waals surface area contributed by atoms with Crippen molar-refractivity contribution in [1.82, 2.24) is 5.32 Å². The van der Waals surface area contributed by atoms with Gasteiger partial charge in [0, 0.05) is 20.3 Å². The van der Waals surface area contributed by atoms with E-state index in [1.54, 1.807) is 24.3 Å². The second-order valence-corrected chi connectivity index (χ2v) is 6.83. The maximum Gasteiger partial charge on any atom is 0.335 e. The molecule has 0 saturated heterocycles. The standard InChI is InChI=1S/C20H25NO8/c1-11(20(26)27-10-14-7-5-4-6-8-14)28-19-17(21-12(2)22)15(24)9-16(25)18(19)29-13(3)23/h4-8,11,15,17-19,24H,9-10H2,1-3H3,(H,21,22)/t11-,15-,17+,18-,19-/m1/s1. The number of amides is 1. The second-order valence-electron chi connectivity index (χ2n) is 6.83. The van der Waals surface area contributed by atoms with E-state index in [1.165, 1.54) is 13.8 Å². The molecule has 1 aliphatic rings.